The van der Waals surface area contributed by atoms with Gasteiger partial charge in [-0.2, -0.15) is 0 Å². The first kappa shape index (κ1) is 34.8. The van der Waals surface area contributed by atoms with Crippen molar-refractivity contribution in [3.63, 3.8) is 0 Å². The van der Waals surface area contributed by atoms with E-state index in [4.69, 9.17) is 16.3 Å². The average molecular weight is 650 g/mol. The monoisotopic (exact) mass is 648 g/mol. The smallest absolute Gasteiger partial charge is 0.245 e. The third-order valence-corrected chi connectivity index (χ3v) is 8.93. The second-order valence-electron chi connectivity index (χ2n) is 12.8. The van der Waals surface area contributed by atoms with E-state index in [-0.39, 0.29) is 28.9 Å². The van der Waals surface area contributed by atoms with E-state index in [1.54, 1.807) is 39.0 Å². The van der Waals surface area contributed by atoms with E-state index in [0.717, 1.165) is 18.6 Å². The highest BCUT2D eigenvalue weighted by Crippen LogP contribution is 2.38. The zero-order valence-corrected chi connectivity index (χ0v) is 28.3. The van der Waals surface area contributed by atoms with Gasteiger partial charge in [0.15, 0.2) is 10.6 Å². The first-order valence-corrected chi connectivity index (χ1v) is 15.6. The van der Waals surface area contributed by atoms with Crippen molar-refractivity contribution in [1.29, 1.82) is 0 Å². The van der Waals surface area contributed by atoms with Gasteiger partial charge in [-0.25, -0.2) is 0 Å². The van der Waals surface area contributed by atoms with Crippen molar-refractivity contribution >= 4 is 56.5 Å². The number of carbonyl (C=O) groups is 3. The molecule has 0 saturated heterocycles. The van der Waals surface area contributed by atoms with Crippen molar-refractivity contribution in [3.8, 4) is 5.75 Å². The molecule has 226 valence electrons. The van der Waals surface area contributed by atoms with Crippen molar-refractivity contribution in [2.75, 3.05) is 17.2 Å². The van der Waals surface area contributed by atoms with Crippen molar-refractivity contribution in [2.45, 2.75) is 104 Å². The van der Waals surface area contributed by atoms with Gasteiger partial charge >= 0.3 is 0 Å². The summed E-state index contributed by atoms with van der Waals surface area (Å²) in [4.78, 5) is 36.7. The molecule has 1 unspecified atom stereocenters. The number of halogens is 2. The molecule has 41 heavy (non-hydrogen) atoms. The molecule has 2 aromatic rings. The van der Waals surface area contributed by atoms with Crippen molar-refractivity contribution < 1.29 is 19.1 Å². The second-order valence-corrected chi connectivity index (χ2v) is 14.2. The Morgan fingerprint density at radius 3 is 2.12 bits per heavy atom. The van der Waals surface area contributed by atoms with Gasteiger partial charge in [0.25, 0.3) is 0 Å². The molecule has 2 N–H and O–H groups in total. The highest BCUT2D eigenvalue weighted by molar-refractivity contribution is 9.10. The van der Waals surface area contributed by atoms with Gasteiger partial charge in [0, 0.05) is 23.1 Å². The van der Waals surface area contributed by atoms with Crippen LogP contribution in [0.15, 0.2) is 36.4 Å². The van der Waals surface area contributed by atoms with Gasteiger partial charge in [-0.15, -0.1) is 0 Å². The summed E-state index contributed by atoms with van der Waals surface area (Å²) in [5.41, 5.74) is 2.65. The Kier molecular flexibility index (Phi) is 12.1. The van der Waals surface area contributed by atoms with E-state index in [1.807, 2.05) is 0 Å². The number of ketones is 1. The Labute approximate surface area is 259 Å². The number of hydrogen-bond acceptors (Lipinski definition) is 4. The quantitative estimate of drug-likeness (QED) is 0.129. The van der Waals surface area contributed by atoms with E-state index in [9.17, 15) is 14.4 Å². The van der Waals surface area contributed by atoms with Crippen LogP contribution in [0.3, 0.4) is 0 Å². The molecule has 8 heteroatoms. The van der Waals surface area contributed by atoms with Crippen LogP contribution in [0.5, 0.6) is 5.75 Å². The maximum atomic E-state index is 12.7. The number of hydrogen-bond donors (Lipinski definition) is 2. The lowest BCUT2D eigenvalue weighted by Crippen LogP contribution is -2.37. The standard InChI is InChI=1S/C33H46BrClN2O4/c1-10-32(6,7)21-14-17-26(23(19-21)33(8,9)11-2)41-18-12-13-27(38)36-22-15-16-24(35)25(20-22)37-30(40)28(34)29(39)31(3,4)5/h14-17,19-20,28H,10-13,18H2,1-9H3,(H,36,38)(H,37,40). The van der Waals surface area contributed by atoms with Gasteiger partial charge in [0.2, 0.25) is 11.8 Å². The molecular weight excluding hydrogens is 604 g/mol. The fourth-order valence-electron chi connectivity index (χ4n) is 4.03. The van der Waals surface area contributed by atoms with Gasteiger partial charge in [-0.05, 0) is 59.9 Å². The topological polar surface area (TPSA) is 84.5 Å². The molecule has 1 atom stereocenters. The summed E-state index contributed by atoms with van der Waals surface area (Å²) in [7, 11) is 0. The molecule has 0 bridgehead atoms. The van der Waals surface area contributed by atoms with Gasteiger partial charge < -0.3 is 15.4 Å². The molecule has 0 fully saturated rings. The predicted octanol–water partition coefficient (Wildman–Crippen LogP) is 8.83. The zero-order valence-electron chi connectivity index (χ0n) is 26.0. The minimum Gasteiger partial charge on any atom is -0.493 e. The molecule has 2 amide bonds. The van der Waals surface area contributed by atoms with Crippen LogP contribution in [0.4, 0.5) is 11.4 Å². The number of amides is 2. The summed E-state index contributed by atoms with van der Waals surface area (Å²) < 4.78 is 6.19. The lowest BCUT2D eigenvalue weighted by atomic mass is 9.76. The first-order chi connectivity index (χ1) is 18.9. The lowest BCUT2D eigenvalue weighted by molar-refractivity contribution is -0.129. The van der Waals surface area contributed by atoms with Crippen LogP contribution in [0.25, 0.3) is 0 Å². The van der Waals surface area contributed by atoms with Crippen LogP contribution in [0.2, 0.25) is 5.02 Å². The number of benzene rings is 2. The van der Waals surface area contributed by atoms with E-state index < -0.39 is 16.1 Å². The highest BCUT2D eigenvalue weighted by Gasteiger charge is 2.33. The molecule has 0 aromatic heterocycles. The van der Waals surface area contributed by atoms with Crippen molar-refractivity contribution in [1.82, 2.24) is 0 Å². The molecule has 0 aliphatic carbocycles. The van der Waals surface area contributed by atoms with Crippen LogP contribution in [0.1, 0.15) is 99.1 Å². The first-order valence-electron chi connectivity index (χ1n) is 14.3. The number of nitrogens with one attached hydrogen (secondary N) is 2. The van der Waals surface area contributed by atoms with Crippen LogP contribution >= 0.6 is 27.5 Å². The van der Waals surface area contributed by atoms with E-state index in [2.05, 4.69) is 86.3 Å². The summed E-state index contributed by atoms with van der Waals surface area (Å²) >= 11 is 9.45. The normalized spacial score (nSPS) is 13.0. The maximum Gasteiger partial charge on any atom is 0.245 e. The summed E-state index contributed by atoms with van der Waals surface area (Å²) in [5.74, 6) is -0.0852. The molecule has 0 heterocycles. The summed E-state index contributed by atoms with van der Waals surface area (Å²) in [6, 6.07) is 11.3. The Morgan fingerprint density at radius 2 is 1.54 bits per heavy atom. The number of carbonyl (C=O) groups excluding carboxylic acids is 3. The molecule has 0 aliphatic heterocycles. The second kappa shape index (κ2) is 14.2. The number of ether oxygens (including phenoxy) is 1. The molecule has 2 rings (SSSR count). The van der Waals surface area contributed by atoms with E-state index in [1.165, 1.54) is 11.1 Å². The lowest BCUT2D eigenvalue weighted by Gasteiger charge is -2.30. The fraction of sp³-hybridized carbons (Fsp3) is 0.545. The molecule has 6 nitrogen and oxygen atoms in total. The molecule has 0 spiro atoms. The minimum atomic E-state index is -1.02. The summed E-state index contributed by atoms with van der Waals surface area (Å²) in [6.45, 7) is 19.0. The molecular formula is C33H46BrClN2O4. The van der Waals surface area contributed by atoms with Crippen LogP contribution in [-0.4, -0.2) is 29.0 Å². The minimum absolute atomic E-state index is 0.0386. The predicted molar refractivity (Wildman–Crippen MR) is 174 cm³/mol. The Bertz CT molecular complexity index is 1250. The number of alkyl halides is 1. The molecule has 2 aromatic carbocycles. The molecule has 0 aliphatic rings. The fourth-order valence-corrected chi connectivity index (χ4v) is 5.00. The van der Waals surface area contributed by atoms with Crippen LogP contribution in [-0.2, 0) is 25.2 Å². The summed E-state index contributed by atoms with van der Waals surface area (Å²) in [6.07, 6.45) is 2.83. The van der Waals surface area contributed by atoms with Gasteiger partial charge in [-0.1, -0.05) is 102 Å². The SMILES string of the molecule is CCC(C)(C)c1ccc(OCCCC(=O)Nc2ccc(Cl)c(NC(=O)C(Br)C(=O)C(C)(C)C)c2)c(C(C)(C)CC)c1. The van der Waals surface area contributed by atoms with Crippen molar-refractivity contribution in [2.24, 2.45) is 5.41 Å². The molecule has 0 radical (unpaired) electrons. The third kappa shape index (κ3) is 9.57. The molecule has 0 saturated carbocycles. The zero-order chi connectivity index (χ0) is 31.2. The van der Waals surface area contributed by atoms with E-state index in [0.29, 0.717) is 29.4 Å². The van der Waals surface area contributed by atoms with Gasteiger partial charge in [0.05, 0.1) is 17.3 Å². The van der Waals surface area contributed by atoms with Crippen molar-refractivity contribution in [3.05, 3.63) is 52.5 Å². The van der Waals surface area contributed by atoms with Crippen LogP contribution in [0, 0.1) is 5.41 Å². The summed E-state index contributed by atoms with van der Waals surface area (Å²) in [5, 5.41) is 5.82. The highest BCUT2D eigenvalue weighted by atomic mass is 79.9. The Hall–Kier alpha value is -2.38. The Balaban J connectivity index is 2.01. The number of Topliss-reactive ketones (excluding diaryl/α,β-unsaturated/α-hetero) is 1. The maximum absolute atomic E-state index is 12.7. The van der Waals surface area contributed by atoms with E-state index >= 15 is 0 Å². The third-order valence-electron chi connectivity index (χ3n) is 7.77. The average Bonchev–Trinajstić information content (AvgIpc) is 2.91. The number of anilines is 2. The van der Waals surface area contributed by atoms with Gasteiger partial charge in [-0.3, -0.25) is 14.4 Å². The number of rotatable bonds is 13. The largest absolute Gasteiger partial charge is 0.493 e. The van der Waals surface area contributed by atoms with Gasteiger partial charge in [0.1, 0.15) is 5.75 Å². The Morgan fingerprint density at radius 1 is 0.902 bits per heavy atom. The van der Waals surface area contributed by atoms with Crippen LogP contribution < -0.4 is 15.4 Å².